The topological polar surface area (TPSA) is 38.8 Å². The minimum absolute atomic E-state index is 0.0236. The van der Waals surface area contributed by atoms with E-state index in [9.17, 15) is 4.79 Å². The molecule has 0 unspecified atom stereocenters. The molecule has 26 heavy (non-hydrogen) atoms. The molecule has 0 spiro atoms. The van der Waals surface area contributed by atoms with Crippen molar-refractivity contribution in [2.75, 3.05) is 52.9 Å². The molecule has 0 aliphatic carbocycles. The lowest BCUT2D eigenvalue weighted by Crippen LogP contribution is -2.49. The predicted octanol–water partition coefficient (Wildman–Crippen LogP) is 3.07. The number of hydrogen-bond acceptors (Lipinski definition) is 3. The molecule has 0 radical (unpaired) electrons. The summed E-state index contributed by atoms with van der Waals surface area (Å²) in [6.07, 6.45) is 2.19. The number of carbonyl (C=O) groups excluding carboxylic acids is 1. The third-order valence-corrected chi connectivity index (χ3v) is 6.07. The highest BCUT2D eigenvalue weighted by Gasteiger charge is 2.26. The fourth-order valence-corrected chi connectivity index (χ4v) is 4.19. The first-order chi connectivity index (χ1) is 12.5. The molecule has 2 aliphatic rings. The van der Waals surface area contributed by atoms with Crippen molar-refractivity contribution in [3.8, 4) is 0 Å². The fourth-order valence-electron chi connectivity index (χ4n) is 3.89. The average molecular weight is 379 g/mol. The second-order valence-electron chi connectivity index (χ2n) is 7.73. The summed E-state index contributed by atoms with van der Waals surface area (Å²) in [6.45, 7) is 9.54. The van der Waals surface area contributed by atoms with Gasteiger partial charge in [0.2, 0.25) is 0 Å². The number of amides is 2. The van der Waals surface area contributed by atoms with Gasteiger partial charge >= 0.3 is 6.03 Å². The molecule has 1 aromatic carbocycles. The van der Waals surface area contributed by atoms with Crippen LogP contribution in [0.1, 0.15) is 31.4 Å². The number of carbonyl (C=O) groups is 1. The molecule has 0 aromatic heterocycles. The molecule has 1 atom stereocenters. The molecule has 3 rings (SSSR count). The van der Waals surface area contributed by atoms with Crippen molar-refractivity contribution in [1.29, 1.82) is 0 Å². The molecule has 6 heteroatoms. The van der Waals surface area contributed by atoms with E-state index in [0.29, 0.717) is 10.9 Å². The van der Waals surface area contributed by atoms with Crippen molar-refractivity contribution in [2.45, 2.75) is 25.8 Å². The van der Waals surface area contributed by atoms with Crippen LogP contribution in [-0.4, -0.2) is 73.6 Å². The monoisotopic (exact) mass is 378 g/mol. The standard InChI is InChI=1S/C20H31ClN4O/c1-16(18-5-3-4-6-19(18)21)22-20(26)25-9-7-17(8-10-25)15-24-13-11-23(2)12-14-24/h3-6,16-17H,7-15H2,1-2H3,(H,22,26)/t16-/m1/s1. The summed E-state index contributed by atoms with van der Waals surface area (Å²) in [5.74, 6) is 0.712. The van der Waals surface area contributed by atoms with Gasteiger partial charge in [-0.2, -0.15) is 0 Å². The van der Waals surface area contributed by atoms with E-state index in [1.54, 1.807) is 0 Å². The maximum Gasteiger partial charge on any atom is 0.317 e. The zero-order valence-electron chi connectivity index (χ0n) is 16.0. The van der Waals surface area contributed by atoms with Crippen molar-refractivity contribution < 1.29 is 4.79 Å². The van der Waals surface area contributed by atoms with Crippen LogP contribution in [-0.2, 0) is 0 Å². The normalized spacial score (nSPS) is 21.6. The van der Waals surface area contributed by atoms with Gasteiger partial charge in [-0.05, 0) is 44.4 Å². The number of piperidine rings is 1. The summed E-state index contributed by atoms with van der Waals surface area (Å²) < 4.78 is 0. The number of nitrogens with one attached hydrogen (secondary N) is 1. The lowest BCUT2D eigenvalue weighted by atomic mass is 9.96. The van der Waals surface area contributed by atoms with Crippen molar-refractivity contribution in [3.63, 3.8) is 0 Å². The predicted molar refractivity (Wildman–Crippen MR) is 107 cm³/mol. The number of benzene rings is 1. The Morgan fingerprint density at radius 1 is 1.15 bits per heavy atom. The molecule has 2 saturated heterocycles. The van der Waals surface area contributed by atoms with Crippen LogP contribution in [0.4, 0.5) is 4.79 Å². The molecule has 2 amide bonds. The number of likely N-dealkylation sites (N-methyl/N-ethyl adjacent to an activating group) is 1. The summed E-state index contributed by atoms with van der Waals surface area (Å²) >= 11 is 6.24. The molecule has 1 aromatic rings. The molecule has 2 aliphatic heterocycles. The van der Waals surface area contributed by atoms with Gasteiger partial charge in [0.1, 0.15) is 0 Å². The molecule has 144 valence electrons. The number of rotatable bonds is 4. The number of halogens is 1. The summed E-state index contributed by atoms with van der Waals surface area (Å²) in [4.78, 5) is 19.5. The van der Waals surface area contributed by atoms with E-state index in [2.05, 4.69) is 22.2 Å². The minimum atomic E-state index is -0.0840. The first-order valence-electron chi connectivity index (χ1n) is 9.73. The van der Waals surface area contributed by atoms with Gasteiger partial charge in [-0.1, -0.05) is 29.8 Å². The number of piperazine rings is 1. The maximum atomic E-state index is 12.6. The molecule has 2 fully saturated rings. The van der Waals surface area contributed by atoms with Gasteiger partial charge in [0.05, 0.1) is 6.04 Å². The Hall–Kier alpha value is -1.30. The van der Waals surface area contributed by atoms with E-state index in [0.717, 1.165) is 31.5 Å². The van der Waals surface area contributed by atoms with Crippen molar-refractivity contribution >= 4 is 17.6 Å². The lowest BCUT2D eigenvalue weighted by molar-refractivity contribution is 0.110. The molecule has 2 heterocycles. The van der Waals surface area contributed by atoms with E-state index < -0.39 is 0 Å². The molecular formula is C20H31ClN4O. The summed E-state index contributed by atoms with van der Waals surface area (Å²) in [5, 5.41) is 3.79. The third kappa shape index (κ3) is 5.12. The van der Waals surface area contributed by atoms with Gasteiger partial charge in [-0.15, -0.1) is 0 Å². The second-order valence-corrected chi connectivity index (χ2v) is 8.13. The van der Waals surface area contributed by atoms with Crippen LogP contribution in [0.2, 0.25) is 5.02 Å². The summed E-state index contributed by atoms with van der Waals surface area (Å²) in [7, 11) is 2.19. The van der Waals surface area contributed by atoms with Crippen LogP contribution in [0, 0.1) is 5.92 Å². The average Bonchev–Trinajstić information content (AvgIpc) is 2.64. The first kappa shape index (κ1) is 19.5. The Balaban J connectivity index is 1.43. The van der Waals surface area contributed by atoms with Gasteiger partial charge in [0.15, 0.2) is 0 Å². The Kier molecular flexibility index (Phi) is 6.79. The second kappa shape index (κ2) is 9.07. The van der Waals surface area contributed by atoms with Gasteiger partial charge in [0.25, 0.3) is 0 Å². The highest BCUT2D eigenvalue weighted by molar-refractivity contribution is 6.31. The summed E-state index contributed by atoms with van der Waals surface area (Å²) in [5.41, 5.74) is 0.965. The van der Waals surface area contributed by atoms with Crippen LogP contribution in [0.5, 0.6) is 0 Å². The van der Waals surface area contributed by atoms with Crippen molar-refractivity contribution in [2.24, 2.45) is 5.92 Å². The zero-order chi connectivity index (χ0) is 18.5. The van der Waals surface area contributed by atoms with Gasteiger partial charge in [-0.25, -0.2) is 4.79 Å². The van der Waals surface area contributed by atoms with Gasteiger partial charge in [-0.3, -0.25) is 0 Å². The van der Waals surface area contributed by atoms with Gasteiger partial charge < -0.3 is 20.0 Å². The van der Waals surface area contributed by atoms with E-state index in [1.165, 1.54) is 32.7 Å². The quantitative estimate of drug-likeness (QED) is 0.875. The molecule has 0 saturated carbocycles. The first-order valence-corrected chi connectivity index (χ1v) is 10.1. The van der Waals surface area contributed by atoms with E-state index >= 15 is 0 Å². The molecule has 0 bridgehead atoms. The number of urea groups is 1. The maximum absolute atomic E-state index is 12.6. The Morgan fingerprint density at radius 3 is 2.46 bits per heavy atom. The smallest absolute Gasteiger partial charge is 0.317 e. The number of likely N-dealkylation sites (tertiary alicyclic amines) is 1. The molecular weight excluding hydrogens is 348 g/mol. The zero-order valence-corrected chi connectivity index (χ0v) is 16.7. The fraction of sp³-hybridized carbons (Fsp3) is 0.650. The lowest BCUT2D eigenvalue weighted by Gasteiger charge is -2.38. The van der Waals surface area contributed by atoms with E-state index in [-0.39, 0.29) is 12.1 Å². The Morgan fingerprint density at radius 2 is 1.81 bits per heavy atom. The highest BCUT2D eigenvalue weighted by Crippen LogP contribution is 2.23. The van der Waals surface area contributed by atoms with E-state index in [1.807, 2.05) is 36.1 Å². The van der Waals surface area contributed by atoms with Crippen LogP contribution >= 0.6 is 11.6 Å². The third-order valence-electron chi connectivity index (χ3n) is 5.73. The Labute approximate surface area is 162 Å². The van der Waals surface area contributed by atoms with Crippen molar-refractivity contribution in [3.05, 3.63) is 34.9 Å². The largest absolute Gasteiger partial charge is 0.331 e. The van der Waals surface area contributed by atoms with Crippen LogP contribution in [0.15, 0.2) is 24.3 Å². The Bertz CT molecular complexity index is 595. The molecule has 1 N–H and O–H groups in total. The van der Waals surface area contributed by atoms with Crippen LogP contribution in [0.3, 0.4) is 0 Å². The van der Waals surface area contributed by atoms with Gasteiger partial charge in [0, 0.05) is 50.8 Å². The van der Waals surface area contributed by atoms with Crippen molar-refractivity contribution in [1.82, 2.24) is 20.0 Å². The minimum Gasteiger partial charge on any atom is -0.331 e. The highest BCUT2D eigenvalue weighted by atomic mass is 35.5. The number of hydrogen-bond donors (Lipinski definition) is 1. The van der Waals surface area contributed by atoms with Crippen LogP contribution < -0.4 is 5.32 Å². The molecule has 5 nitrogen and oxygen atoms in total. The summed E-state index contributed by atoms with van der Waals surface area (Å²) in [6, 6.07) is 7.63. The van der Waals surface area contributed by atoms with E-state index in [4.69, 9.17) is 11.6 Å². The SMILES string of the molecule is C[C@@H](NC(=O)N1CCC(CN2CCN(C)CC2)CC1)c1ccccc1Cl. The van der Waals surface area contributed by atoms with Crippen LogP contribution in [0.25, 0.3) is 0 Å². The number of nitrogens with zero attached hydrogens (tertiary/aromatic N) is 3.